The van der Waals surface area contributed by atoms with Crippen LogP contribution in [0.25, 0.3) is 0 Å². The molecule has 108 valence electrons. The van der Waals surface area contributed by atoms with Crippen LogP contribution >= 0.6 is 15.9 Å². The molecule has 0 radical (unpaired) electrons. The molecule has 1 heterocycles. The molecule has 0 aromatic heterocycles. The molecule has 1 unspecified atom stereocenters. The summed E-state index contributed by atoms with van der Waals surface area (Å²) in [5, 5.41) is 0. The van der Waals surface area contributed by atoms with Gasteiger partial charge in [-0.15, -0.1) is 0 Å². The Labute approximate surface area is 126 Å². The Bertz CT molecular complexity index is 513. The minimum absolute atomic E-state index is 0.0256. The quantitative estimate of drug-likeness (QED) is 0.896. The van der Waals surface area contributed by atoms with Crippen molar-refractivity contribution in [2.75, 3.05) is 26.2 Å². The van der Waals surface area contributed by atoms with Gasteiger partial charge in [-0.05, 0) is 25.1 Å². The minimum Gasteiger partial charge on any atom is -0.368 e. The number of carbonyl (C=O) groups excluding carboxylic acids is 2. The third-order valence-electron chi connectivity index (χ3n) is 3.63. The Morgan fingerprint density at radius 1 is 1.25 bits per heavy atom. The number of carbonyl (C=O) groups is 2. The van der Waals surface area contributed by atoms with E-state index in [1.54, 1.807) is 6.92 Å². The first kappa shape index (κ1) is 15.0. The molecule has 6 heteroatoms. The molecule has 1 aromatic rings. The van der Waals surface area contributed by atoms with E-state index < -0.39 is 0 Å². The molecule has 0 bridgehead atoms. The summed E-state index contributed by atoms with van der Waals surface area (Å²) in [5.74, 6) is -0.297. The average Bonchev–Trinajstić information content (AvgIpc) is 2.46. The number of hydrogen-bond acceptors (Lipinski definition) is 3. The predicted molar refractivity (Wildman–Crippen MR) is 80.3 cm³/mol. The fraction of sp³-hybridized carbons (Fsp3) is 0.429. The van der Waals surface area contributed by atoms with Crippen molar-refractivity contribution in [2.45, 2.75) is 13.0 Å². The first-order chi connectivity index (χ1) is 9.49. The minimum atomic E-state index is -0.322. The van der Waals surface area contributed by atoms with E-state index in [1.165, 1.54) is 0 Å². The second-order valence-corrected chi connectivity index (χ2v) is 5.83. The second-order valence-electron chi connectivity index (χ2n) is 4.92. The van der Waals surface area contributed by atoms with Crippen LogP contribution in [0.2, 0.25) is 0 Å². The van der Waals surface area contributed by atoms with E-state index in [9.17, 15) is 9.59 Å². The Kier molecular flexibility index (Phi) is 4.77. The van der Waals surface area contributed by atoms with Gasteiger partial charge in [0.25, 0.3) is 5.91 Å². The number of rotatable bonds is 3. The van der Waals surface area contributed by atoms with Crippen molar-refractivity contribution in [2.24, 2.45) is 5.73 Å². The van der Waals surface area contributed by atoms with Crippen LogP contribution in [0.5, 0.6) is 0 Å². The first-order valence-electron chi connectivity index (χ1n) is 6.57. The lowest BCUT2D eigenvalue weighted by molar-refractivity contribution is -0.123. The molecule has 1 aliphatic heterocycles. The Balaban J connectivity index is 1.97. The van der Waals surface area contributed by atoms with Gasteiger partial charge < -0.3 is 10.6 Å². The third kappa shape index (κ3) is 3.37. The van der Waals surface area contributed by atoms with Gasteiger partial charge in [0.15, 0.2) is 0 Å². The molecule has 0 aliphatic carbocycles. The van der Waals surface area contributed by atoms with Crippen LogP contribution in [-0.4, -0.2) is 53.8 Å². The first-order valence-corrected chi connectivity index (χ1v) is 7.36. The molecular weight excluding hydrogens is 322 g/mol. The van der Waals surface area contributed by atoms with Crippen molar-refractivity contribution < 1.29 is 9.59 Å². The van der Waals surface area contributed by atoms with Crippen molar-refractivity contribution in [1.82, 2.24) is 9.80 Å². The fourth-order valence-electron chi connectivity index (χ4n) is 2.30. The third-order valence-corrected chi connectivity index (χ3v) is 4.13. The van der Waals surface area contributed by atoms with Gasteiger partial charge in [0.1, 0.15) is 0 Å². The van der Waals surface area contributed by atoms with E-state index >= 15 is 0 Å². The van der Waals surface area contributed by atoms with Crippen LogP contribution in [0.15, 0.2) is 28.7 Å². The molecule has 1 saturated heterocycles. The number of nitrogens with two attached hydrogens (primary N) is 1. The van der Waals surface area contributed by atoms with Gasteiger partial charge in [0, 0.05) is 36.2 Å². The van der Waals surface area contributed by atoms with Crippen molar-refractivity contribution in [3.63, 3.8) is 0 Å². The largest absolute Gasteiger partial charge is 0.368 e. The van der Waals surface area contributed by atoms with Crippen molar-refractivity contribution in [1.29, 1.82) is 0 Å². The fourth-order valence-corrected chi connectivity index (χ4v) is 2.70. The van der Waals surface area contributed by atoms with E-state index in [0.717, 1.165) is 4.47 Å². The zero-order valence-corrected chi connectivity index (χ0v) is 13.0. The van der Waals surface area contributed by atoms with Crippen molar-refractivity contribution in [3.05, 3.63) is 34.3 Å². The number of primary amides is 1. The topological polar surface area (TPSA) is 66.6 Å². The van der Waals surface area contributed by atoms with Crippen molar-refractivity contribution in [3.8, 4) is 0 Å². The SMILES string of the molecule is CC(C(N)=O)N1CCN(C(=O)c2cccc(Br)c2)CC1. The maximum atomic E-state index is 12.4. The van der Waals surface area contributed by atoms with Gasteiger partial charge in [0.05, 0.1) is 6.04 Å². The lowest BCUT2D eigenvalue weighted by Gasteiger charge is -2.37. The van der Waals surface area contributed by atoms with E-state index in [2.05, 4.69) is 15.9 Å². The summed E-state index contributed by atoms with van der Waals surface area (Å²) in [4.78, 5) is 27.3. The highest BCUT2D eigenvalue weighted by Crippen LogP contribution is 2.15. The molecule has 1 fully saturated rings. The molecule has 20 heavy (non-hydrogen) atoms. The summed E-state index contributed by atoms with van der Waals surface area (Å²) < 4.78 is 0.893. The monoisotopic (exact) mass is 339 g/mol. The van der Waals surface area contributed by atoms with Crippen LogP contribution in [0.4, 0.5) is 0 Å². The summed E-state index contributed by atoms with van der Waals surface area (Å²) in [6, 6.07) is 7.09. The summed E-state index contributed by atoms with van der Waals surface area (Å²) in [5.41, 5.74) is 5.98. The average molecular weight is 340 g/mol. The zero-order chi connectivity index (χ0) is 14.7. The molecule has 2 N–H and O–H groups in total. The lowest BCUT2D eigenvalue weighted by atomic mass is 10.1. The standard InChI is InChI=1S/C14H18BrN3O2/c1-10(13(16)19)17-5-7-18(8-6-17)14(20)11-3-2-4-12(15)9-11/h2-4,9-10H,5-8H2,1H3,(H2,16,19). The summed E-state index contributed by atoms with van der Waals surface area (Å²) in [6.07, 6.45) is 0. The number of hydrogen-bond donors (Lipinski definition) is 1. The molecule has 5 nitrogen and oxygen atoms in total. The van der Waals surface area contributed by atoms with Gasteiger partial charge in [-0.25, -0.2) is 0 Å². The molecule has 2 amide bonds. The smallest absolute Gasteiger partial charge is 0.253 e. The normalized spacial score (nSPS) is 17.8. The molecule has 2 rings (SSSR count). The van der Waals surface area contributed by atoms with Crippen LogP contribution in [-0.2, 0) is 4.79 Å². The lowest BCUT2D eigenvalue weighted by Crippen LogP contribution is -2.54. The van der Waals surface area contributed by atoms with E-state index in [4.69, 9.17) is 5.73 Å². The van der Waals surface area contributed by atoms with Gasteiger partial charge in [-0.3, -0.25) is 14.5 Å². The second kappa shape index (κ2) is 6.37. The number of amides is 2. The summed E-state index contributed by atoms with van der Waals surface area (Å²) in [6.45, 7) is 4.37. The highest BCUT2D eigenvalue weighted by Gasteiger charge is 2.26. The molecular formula is C14H18BrN3O2. The van der Waals surface area contributed by atoms with E-state index in [0.29, 0.717) is 31.7 Å². The van der Waals surface area contributed by atoms with Crippen LogP contribution < -0.4 is 5.73 Å². The molecule has 1 atom stereocenters. The van der Waals surface area contributed by atoms with E-state index in [1.807, 2.05) is 34.1 Å². The molecule has 0 saturated carbocycles. The molecule has 0 spiro atoms. The maximum absolute atomic E-state index is 12.4. The number of nitrogens with zero attached hydrogens (tertiary/aromatic N) is 2. The number of halogens is 1. The number of piperazine rings is 1. The van der Waals surface area contributed by atoms with Gasteiger partial charge in [0.2, 0.25) is 5.91 Å². The van der Waals surface area contributed by atoms with Crippen molar-refractivity contribution >= 4 is 27.7 Å². The molecule has 1 aromatic carbocycles. The summed E-state index contributed by atoms with van der Waals surface area (Å²) in [7, 11) is 0. The summed E-state index contributed by atoms with van der Waals surface area (Å²) >= 11 is 3.37. The van der Waals surface area contributed by atoms with Crippen LogP contribution in [0, 0.1) is 0 Å². The van der Waals surface area contributed by atoms with Crippen LogP contribution in [0.1, 0.15) is 17.3 Å². The molecule has 1 aliphatic rings. The van der Waals surface area contributed by atoms with E-state index in [-0.39, 0.29) is 17.9 Å². The zero-order valence-electron chi connectivity index (χ0n) is 11.4. The van der Waals surface area contributed by atoms with Gasteiger partial charge in [-0.2, -0.15) is 0 Å². The Morgan fingerprint density at radius 2 is 1.90 bits per heavy atom. The highest BCUT2D eigenvalue weighted by atomic mass is 79.9. The van der Waals surface area contributed by atoms with Crippen LogP contribution in [0.3, 0.4) is 0 Å². The van der Waals surface area contributed by atoms with Gasteiger partial charge >= 0.3 is 0 Å². The predicted octanol–water partition coefficient (Wildman–Crippen LogP) is 1.08. The maximum Gasteiger partial charge on any atom is 0.253 e. The highest BCUT2D eigenvalue weighted by molar-refractivity contribution is 9.10. The Hall–Kier alpha value is -1.40. The Morgan fingerprint density at radius 3 is 2.45 bits per heavy atom. The number of benzene rings is 1. The van der Waals surface area contributed by atoms with Gasteiger partial charge in [-0.1, -0.05) is 22.0 Å².